The summed E-state index contributed by atoms with van der Waals surface area (Å²) in [7, 11) is -3.60. The van der Waals surface area contributed by atoms with E-state index in [-0.39, 0.29) is 17.3 Å². The zero-order valence-corrected chi connectivity index (χ0v) is 19.0. The van der Waals surface area contributed by atoms with Gasteiger partial charge in [-0.2, -0.15) is 5.11 Å². The van der Waals surface area contributed by atoms with Crippen LogP contribution in [0, 0.1) is 0 Å². The van der Waals surface area contributed by atoms with Crippen LogP contribution in [0.3, 0.4) is 0 Å². The predicted molar refractivity (Wildman–Crippen MR) is 120 cm³/mol. The molecule has 0 unspecified atom stereocenters. The van der Waals surface area contributed by atoms with E-state index in [0.29, 0.717) is 34.3 Å². The van der Waals surface area contributed by atoms with Gasteiger partial charge in [0, 0.05) is 10.3 Å². The van der Waals surface area contributed by atoms with Crippen molar-refractivity contribution in [2.75, 3.05) is 18.1 Å². The lowest BCUT2D eigenvalue weighted by Gasteiger charge is -2.07. The van der Waals surface area contributed by atoms with Crippen LogP contribution in [0.25, 0.3) is 10.8 Å². The Morgan fingerprint density at radius 2 is 1.70 bits per heavy atom. The van der Waals surface area contributed by atoms with E-state index in [9.17, 15) is 8.42 Å². The minimum Gasteiger partial charge on any atom is -0.397 e. The second-order valence-electron chi connectivity index (χ2n) is 6.16. The van der Waals surface area contributed by atoms with E-state index in [2.05, 4.69) is 29.0 Å². The minimum atomic E-state index is -3.60. The fraction of sp³-hybridized carbons (Fsp3) is 0.111. The van der Waals surface area contributed by atoms with Gasteiger partial charge in [-0.3, -0.25) is 4.18 Å². The lowest BCUT2D eigenvalue weighted by Crippen LogP contribution is -2.10. The summed E-state index contributed by atoms with van der Waals surface area (Å²) in [5.74, 6) is -0.308. The molecule has 4 N–H and O–H groups in total. The quantitative estimate of drug-likeness (QED) is 0.0733. The van der Waals surface area contributed by atoms with E-state index in [1.807, 2.05) is 0 Å². The number of hydrogen-bond acceptors (Lipinski definition) is 14. The molecule has 0 aromatic heterocycles. The van der Waals surface area contributed by atoms with Crippen molar-refractivity contribution in [3.63, 3.8) is 0 Å². The molecule has 176 valence electrons. The Balaban J connectivity index is 1.73. The van der Waals surface area contributed by atoms with Crippen LogP contribution in [0.2, 0.25) is 0 Å². The van der Waals surface area contributed by atoms with Gasteiger partial charge in [-0.1, -0.05) is 22.2 Å². The first-order chi connectivity index (χ1) is 15.9. The Bertz CT molecular complexity index is 1210. The fourth-order valence-corrected chi connectivity index (χ4v) is 4.50. The molecule has 0 radical (unpaired) electrons. The lowest BCUT2D eigenvalue weighted by molar-refractivity contribution is -0.434. The van der Waals surface area contributed by atoms with Crippen LogP contribution in [0.4, 0.5) is 17.1 Å². The van der Waals surface area contributed by atoms with E-state index >= 15 is 0 Å². The highest BCUT2D eigenvalue weighted by Crippen LogP contribution is 2.35. The van der Waals surface area contributed by atoms with Gasteiger partial charge in [-0.05, 0) is 47.9 Å². The Morgan fingerprint density at radius 3 is 2.42 bits per heavy atom. The Morgan fingerprint density at radius 1 is 0.939 bits per heavy atom. The van der Waals surface area contributed by atoms with Gasteiger partial charge in [0.05, 0.1) is 40.7 Å². The lowest BCUT2D eigenvalue weighted by atomic mass is 10.1. The van der Waals surface area contributed by atoms with Gasteiger partial charge in [0.25, 0.3) is 0 Å². The molecular formula is C18H17N3O9S3. The largest absolute Gasteiger partial charge is 0.397 e. The molecule has 0 aliphatic rings. The maximum atomic E-state index is 12.3. The van der Waals surface area contributed by atoms with Gasteiger partial charge in [-0.25, -0.2) is 18.9 Å². The summed E-state index contributed by atoms with van der Waals surface area (Å²) in [4.78, 5) is 0.761. The molecule has 3 aromatic carbocycles. The molecule has 0 spiro atoms. The summed E-state index contributed by atoms with van der Waals surface area (Å²) in [6.07, 6.45) is 0. The van der Waals surface area contributed by atoms with E-state index in [0.717, 1.165) is 22.8 Å². The zero-order chi connectivity index (χ0) is 23.7. The van der Waals surface area contributed by atoms with Gasteiger partial charge in [0.1, 0.15) is 5.69 Å². The summed E-state index contributed by atoms with van der Waals surface area (Å²) in [6.45, 7) is -0.183. The Labute approximate surface area is 196 Å². The highest BCUT2D eigenvalue weighted by Gasteiger charge is 2.14. The number of azo groups is 1. The molecule has 0 aliphatic heterocycles. The average Bonchev–Trinajstić information content (AvgIpc) is 2.82. The molecule has 0 heterocycles. The molecule has 0 saturated heterocycles. The molecule has 0 bridgehead atoms. The third kappa shape index (κ3) is 7.08. The molecule has 0 aliphatic carbocycles. The number of nitrogens with zero attached hydrogens (tertiary/aromatic N) is 2. The van der Waals surface area contributed by atoms with Crippen LogP contribution in [-0.4, -0.2) is 31.3 Å². The highest BCUT2D eigenvalue weighted by atomic mass is 32.2. The standard InChI is InChI=1S/C18H17N3O9S3/c19-17-8-1-12-11-14(31-29-27-22)4-7-16(12)18(17)21-20-13-2-5-15(6-3-13)33(24,25)10-9-26-32-30-28-23/h1-8,11,22-23H,9-10,19H2. The smallest absolute Gasteiger partial charge is 0.197 e. The van der Waals surface area contributed by atoms with Crippen LogP contribution in [0.1, 0.15) is 0 Å². The summed E-state index contributed by atoms with van der Waals surface area (Å²) in [5, 5.41) is 33.1. The SMILES string of the molecule is Nc1ccc2cc(SOOO)ccc2c1N=Nc1ccc(S(=O)(=O)CCOSOOO)cc1. The van der Waals surface area contributed by atoms with Crippen LogP contribution in [0.5, 0.6) is 0 Å². The number of benzene rings is 3. The van der Waals surface area contributed by atoms with Crippen molar-refractivity contribution in [3.05, 3.63) is 54.6 Å². The van der Waals surface area contributed by atoms with Gasteiger partial charge in [0.2, 0.25) is 0 Å². The minimum absolute atomic E-state index is 0.0816. The average molecular weight is 516 g/mol. The molecule has 3 rings (SSSR count). The summed E-state index contributed by atoms with van der Waals surface area (Å²) in [6, 6.07) is 14.6. The van der Waals surface area contributed by atoms with Crippen molar-refractivity contribution in [3.8, 4) is 0 Å². The molecule has 12 nitrogen and oxygen atoms in total. The summed E-state index contributed by atoms with van der Waals surface area (Å²) < 4.78 is 37.9. The summed E-state index contributed by atoms with van der Waals surface area (Å²) in [5.41, 5.74) is 7.35. The van der Waals surface area contributed by atoms with Crippen molar-refractivity contribution in [2.45, 2.75) is 9.79 Å². The number of fused-ring (bicyclic) bond motifs is 1. The van der Waals surface area contributed by atoms with E-state index < -0.39 is 9.84 Å². The number of nitrogens with two attached hydrogens (primary N) is 1. The van der Waals surface area contributed by atoms with Crippen LogP contribution in [-0.2, 0) is 32.8 Å². The fourth-order valence-electron chi connectivity index (χ4n) is 2.68. The zero-order valence-electron chi connectivity index (χ0n) is 16.6. The van der Waals surface area contributed by atoms with E-state index in [1.165, 1.54) is 24.3 Å². The Hall–Kier alpha value is -2.31. The van der Waals surface area contributed by atoms with Crippen molar-refractivity contribution in [2.24, 2.45) is 10.2 Å². The first-order valence-corrected chi connectivity index (χ1v) is 12.0. The number of rotatable bonds is 12. The van der Waals surface area contributed by atoms with Crippen molar-refractivity contribution >= 4 is 62.0 Å². The van der Waals surface area contributed by atoms with Gasteiger partial charge < -0.3 is 5.73 Å². The van der Waals surface area contributed by atoms with Gasteiger partial charge >= 0.3 is 0 Å². The number of sulfone groups is 1. The third-order valence-electron chi connectivity index (χ3n) is 4.16. The van der Waals surface area contributed by atoms with E-state index in [4.69, 9.17) is 20.4 Å². The number of nitrogen functional groups attached to an aromatic ring is 1. The molecule has 0 saturated carbocycles. The molecule has 0 atom stereocenters. The molecule has 15 heteroatoms. The maximum absolute atomic E-state index is 12.3. The van der Waals surface area contributed by atoms with Crippen molar-refractivity contribution in [1.29, 1.82) is 0 Å². The second kappa shape index (κ2) is 12.2. The van der Waals surface area contributed by atoms with Crippen molar-refractivity contribution in [1.82, 2.24) is 0 Å². The van der Waals surface area contributed by atoms with Gasteiger partial charge in [-0.15, -0.1) is 13.8 Å². The van der Waals surface area contributed by atoms with E-state index in [1.54, 1.807) is 30.3 Å². The normalized spacial score (nSPS) is 12.1. The maximum Gasteiger partial charge on any atom is 0.197 e. The molecule has 3 aromatic rings. The third-order valence-corrected chi connectivity index (χ3v) is 6.81. The molecular weight excluding hydrogens is 498 g/mol. The number of hydrogen-bond donors (Lipinski definition) is 3. The van der Waals surface area contributed by atoms with Crippen LogP contribution >= 0.6 is 24.4 Å². The number of anilines is 1. The molecule has 0 amide bonds. The van der Waals surface area contributed by atoms with Crippen LogP contribution < -0.4 is 5.73 Å². The summed E-state index contributed by atoms with van der Waals surface area (Å²) >= 11 is 1.13. The van der Waals surface area contributed by atoms with Crippen LogP contribution in [0.15, 0.2) is 74.6 Å². The topological polar surface area (TPSA) is 171 Å². The first kappa shape index (κ1) is 25.3. The predicted octanol–water partition coefficient (Wildman–Crippen LogP) is 5.04. The molecule has 0 fully saturated rings. The first-order valence-electron chi connectivity index (χ1n) is 8.92. The van der Waals surface area contributed by atoms with Crippen molar-refractivity contribution < 1.29 is 41.9 Å². The molecule has 33 heavy (non-hydrogen) atoms. The Kier molecular flexibility index (Phi) is 9.39. The monoisotopic (exact) mass is 515 g/mol. The highest BCUT2D eigenvalue weighted by molar-refractivity contribution is 7.94. The second-order valence-corrected chi connectivity index (χ2v) is 9.55. The van der Waals surface area contributed by atoms with Gasteiger partial charge in [0.15, 0.2) is 22.2 Å².